The Morgan fingerprint density at radius 1 is 1.06 bits per heavy atom. The molecule has 4 N–H and O–H groups in total. The first-order valence-corrected chi connectivity index (χ1v) is 7.43. The maximum atomic E-state index is 10.3. The maximum absolute atomic E-state index is 10.3. The lowest BCUT2D eigenvalue weighted by Crippen LogP contribution is -1.87. The van der Waals surface area contributed by atoms with E-state index in [2.05, 4.69) is 9.05 Å². The quantitative estimate of drug-likeness (QED) is 0.692. The van der Waals surface area contributed by atoms with Gasteiger partial charge < -0.3 is 20.1 Å². The first kappa shape index (κ1) is 21.6. The molecule has 0 aromatic carbocycles. The van der Waals surface area contributed by atoms with Crippen LogP contribution in [-0.2, 0) is 18.1 Å². The second kappa shape index (κ2) is 17.7. The van der Waals surface area contributed by atoms with Crippen molar-refractivity contribution in [3.63, 3.8) is 0 Å². The fourth-order valence-corrected chi connectivity index (χ4v) is 1.48. The van der Waals surface area contributed by atoms with Crippen LogP contribution in [0.4, 0.5) is 0 Å². The lowest BCUT2D eigenvalue weighted by Gasteiger charge is -2.05. The van der Waals surface area contributed by atoms with Crippen molar-refractivity contribution < 1.29 is 23.0 Å². The van der Waals surface area contributed by atoms with Gasteiger partial charge in [-0.2, -0.15) is 0 Å². The van der Waals surface area contributed by atoms with Gasteiger partial charge in [-0.25, -0.2) is 0 Å². The van der Waals surface area contributed by atoms with Crippen LogP contribution in [0.15, 0.2) is 0 Å². The average Bonchev–Trinajstić information content (AvgIpc) is 2.20. The van der Waals surface area contributed by atoms with Crippen LogP contribution < -0.4 is 6.15 Å². The van der Waals surface area contributed by atoms with Crippen LogP contribution in [0.5, 0.6) is 0 Å². The Morgan fingerprint density at radius 3 is 1.69 bits per heavy atom. The summed E-state index contributed by atoms with van der Waals surface area (Å²) >= 11 is 0. The van der Waals surface area contributed by atoms with Gasteiger partial charge in [0.1, 0.15) is 0 Å². The smallest absolute Gasteiger partial charge is 0.344 e. The van der Waals surface area contributed by atoms with E-state index in [4.69, 9.17) is 9.42 Å². The second-order valence-electron chi connectivity index (χ2n) is 2.14. The van der Waals surface area contributed by atoms with Crippen molar-refractivity contribution in [2.24, 2.45) is 0 Å². The second-order valence-corrected chi connectivity index (χ2v) is 4.69. The molecule has 1 unspecified atom stereocenters. The Bertz CT molecular complexity index is 144. The van der Waals surface area contributed by atoms with Crippen LogP contribution in [0, 0.1) is 0 Å². The van der Waals surface area contributed by atoms with Crippen LogP contribution in [0.2, 0.25) is 0 Å². The van der Waals surface area contributed by atoms with Gasteiger partial charge >= 0.3 is 16.6 Å². The molecule has 0 fully saturated rings. The van der Waals surface area contributed by atoms with Gasteiger partial charge in [-0.3, -0.25) is 0 Å². The summed E-state index contributed by atoms with van der Waals surface area (Å²) in [6.45, 7) is 8.86. The monoisotopic (exact) mass is 276 g/mol. The van der Waals surface area contributed by atoms with Gasteiger partial charge in [0.2, 0.25) is 0 Å². The van der Waals surface area contributed by atoms with E-state index in [1.54, 1.807) is 0 Å². The van der Waals surface area contributed by atoms with E-state index in [1.165, 1.54) is 0 Å². The highest BCUT2D eigenvalue weighted by atomic mass is 31.2. The fraction of sp³-hybridized carbons (Fsp3) is 1.00. The molecule has 0 heterocycles. The van der Waals surface area contributed by atoms with E-state index in [1.807, 2.05) is 27.7 Å². The van der Waals surface area contributed by atoms with E-state index in [-0.39, 0.29) is 6.15 Å². The summed E-state index contributed by atoms with van der Waals surface area (Å²) in [5.41, 5.74) is 0. The molecular weight excluding hydrogens is 252 g/mol. The molecule has 8 heteroatoms. The third-order valence-electron chi connectivity index (χ3n) is 1.01. The molecule has 16 heavy (non-hydrogen) atoms. The van der Waals surface area contributed by atoms with Crippen LogP contribution >= 0.6 is 16.6 Å². The topological polar surface area (TPSA) is 100.0 Å². The minimum absolute atomic E-state index is 0. The third kappa shape index (κ3) is 19.8. The molecule has 0 aromatic heterocycles. The molecule has 0 amide bonds. The maximum Gasteiger partial charge on any atom is 0.507 e. The Hall–Kier alpha value is 0.330. The molecule has 6 nitrogen and oxygen atoms in total. The normalized spacial score (nSPS) is 10.2. The molecular formula is C8H24NO5P2+. The van der Waals surface area contributed by atoms with Crippen LogP contribution in [0.3, 0.4) is 0 Å². The van der Waals surface area contributed by atoms with Gasteiger partial charge in [0.05, 0.1) is 19.8 Å². The summed E-state index contributed by atoms with van der Waals surface area (Å²) in [5.74, 6) is 0. The van der Waals surface area contributed by atoms with Crippen molar-refractivity contribution in [1.82, 2.24) is 6.15 Å². The molecule has 0 aromatic rings. The standard InChI is InChI=1S/C4H11O3P.C4H10O2P.H3N/c1-3-6-8(5)7-4-2;1-3-6-7(5)4-2;/h5H,3-4H2,1-2H3;3-4H2,1-2H3;1H3/q;+1;. The zero-order valence-electron chi connectivity index (χ0n) is 10.5. The first-order valence-electron chi connectivity index (χ1n) is 4.94. The first-order chi connectivity index (χ1) is 7.12. The highest BCUT2D eigenvalue weighted by Gasteiger charge is 2.08. The summed E-state index contributed by atoms with van der Waals surface area (Å²) in [4.78, 5) is 8.67. The third-order valence-corrected chi connectivity index (χ3v) is 3.03. The molecule has 0 aliphatic carbocycles. The zero-order chi connectivity index (χ0) is 12.1. The predicted octanol–water partition coefficient (Wildman–Crippen LogP) is 3.23. The van der Waals surface area contributed by atoms with E-state index in [0.29, 0.717) is 26.0 Å². The largest absolute Gasteiger partial charge is 0.507 e. The fourth-order valence-electron chi connectivity index (χ4n) is 0.493. The Labute approximate surface area is 100 Å². The van der Waals surface area contributed by atoms with Crippen LogP contribution in [0.25, 0.3) is 0 Å². The lowest BCUT2D eigenvalue weighted by molar-refractivity contribution is 0.216. The number of hydrogen-bond acceptors (Lipinski definition) is 6. The van der Waals surface area contributed by atoms with Gasteiger partial charge in [0.15, 0.2) is 6.16 Å². The molecule has 0 aliphatic rings. The minimum atomic E-state index is -1.58. The number of rotatable bonds is 7. The molecule has 0 saturated heterocycles. The van der Waals surface area contributed by atoms with E-state index >= 15 is 0 Å². The number of hydrogen-bond donors (Lipinski definition) is 2. The molecule has 0 rings (SSSR count). The average molecular weight is 276 g/mol. The van der Waals surface area contributed by atoms with Crippen LogP contribution in [-0.4, -0.2) is 30.9 Å². The van der Waals surface area contributed by atoms with Crippen molar-refractivity contribution in [1.29, 1.82) is 0 Å². The molecule has 0 bridgehead atoms. The SMILES string of the molecule is CCOP(O)OCC.CCO[P+](=O)CC.N. The molecule has 0 spiro atoms. The Balaban J connectivity index is -0.000000200. The van der Waals surface area contributed by atoms with Crippen molar-refractivity contribution >= 4 is 16.6 Å². The van der Waals surface area contributed by atoms with E-state index < -0.39 is 16.6 Å². The summed E-state index contributed by atoms with van der Waals surface area (Å²) in [7, 11) is -2.91. The Kier molecular flexibility index (Phi) is 23.9. The van der Waals surface area contributed by atoms with Gasteiger partial charge in [0, 0.05) is 0 Å². The van der Waals surface area contributed by atoms with Gasteiger partial charge in [-0.15, -0.1) is 4.52 Å². The summed E-state index contributed by atoms with van der Waals surface area (Å²) in [6.07, 6.45) is 0.628. The van der Waals surface area contributed by atoms with E-state index in [0.717, 1.165) is 0 Å². The molecule has 0 saturated carbocycles. The molecule has 0 aliphatic heterocycles. The highest BCUT2D eigenvalue weighted by molar-refractivity contribution is 7.40. The molecule has 1 atom stereocenters. The van der Waals surface area contributed by atoms with Gasteiger partial charge in [-0.1, -0.05) is 0 Å². The van der Waals surface area contributed by atoms with Crippen molar-refractivity contribution in [3.05, 3.63) is 0 Å². The highest BCUT2D eigenvalue weighted by Crippen LogP contribution is 2.31. The Morgan fingerprint density at radius 2 is 1.50 bits per heavy atom. The predicted molar refractivity (Wildman–Crippen MR) is 67.2 cm³/mol. The summed E-state index contributed by atoms with van der Waals surface area (Å²) in [6, 6.07) is 0. The lowest BCUT2D eigenvalue weighted by atomic mass is 10.9. The molecule has 0 radical (unpaired) electrons. The van der Waals surface area contributed by atoms with Crippen molar-refractivity contribution in [3.8, 4) is 0 Å². The van der Waals surface area contributed by atoms with Crippen molar-refractivity contribution in [2.75, 3.05) is 26.0 Å². The van der Waals surface area contributed by atoms with Crippen LogP contribution in [0.1, 0.15) is 27.7 Å². The van der Waals surface area contributed by atoms with Gasteiger partial charge in [-0.05, 0) is 32.3 Å². The summed E-state index contributed by atoms with van der Waals surface area (Å²) < 4.78 is 24.4. The zero-order valence-corrected chi connectivity index (χ0v) is 12.3. The molecule has 100 valence electrons. The van der Waals surface area contributed by atoms with Crippen molar-refractivity contribution in [2.45, 2.75) is 27.7 Å². The minimum Gasteiger partial charge on any atom is -0.344 e. The van der Waals surface area contributed by atoms with Gasteiger partial charge in [0.25, 0.3) is 0 Å². The summed E-state index contributed by atoms with van der Waals surface area (Å²) in [5, 5.41) is 0. The van der Waals surface area contributed by atoms with E-state index in [9.17, 15) is 4.57 Å².